The highest BCUT2D eigenvalue weighted by Crippen LogP contribution is 2.29. The van der Waals surface area contributed by atoms with Crippen LogP contribution in [0.5, 0.6) is 11.5 Å². The molecule has 1 aromatic rings. The summed E-state index contributed by atoms with van der Waals surface area (Å²) < 4.78 is 16.2. The van der Waals surface area contributed by atoms with Gasteiger partial charge in [-0.15, -0.1) is 0 Å². The van der Waals surface area contributed by atoms with E-state index in [4.69, 9.17) is 19.4 Å². The Kier molecular flexibility index (Phi) is 4.41. The first-order valence-electron chi connectivity index (χ1n) is 6.04. The number of benzene rings is 1. The van der Waals surface area contributed by atoms with Crippen molar-refractivity contribution >= 4 is 5.71 Å². The van der Waals surface area contributed by atoms with Crippen molar-refractivity contribution in [1.82, 2.24) is 0 Å². The molecule has 0 spiro atoms. The van der Waals surface area contributed by atoms with Gasteiger partial charge in [-0.05, 0) is 19.1 Å². The van der Waals surface area contributed by atoms with Gasteiger partial charge in [-0.1, -0.05) is 5.16 Å². The van der Waals surface area contributed by atoms with Crippen LogP contribution >= 0.6 is 0 Å². The van der Waals surface area contributed by atoms with E-state index in [-0.39, 0.29) is 0 Å². The normalized spacial score (nSPS) is 15.5. The lowest BCUT2D eigenvalue weighted by Crippen LogP contribution is -2.03. The smallest absolute Gasteiger partial charge is 0.134 e. The molecule has 1 aliphatic rings. The maximum atomic E-state index is 8.77. The maximum absolute atomic E-state index is 8.77. The molecule has 5 nitrogen and oxygen atoms in total. The molecule has 0 radical (unpaired) electrons. The Morgan fingerprint density at radius 2 is 2.28 bits per heavy atom. The van der Waals surface area contributed by atoms with Gasteiger partial charge in [0.1, 0.15) is 23.8 Å². The van der Waals surface area contributed by atoms with Gasteiger partial charge < -0.3 is 19.4 Å². The van der Waals surface area contributed by atoms with Crippen LogP contribution in [0.1, 0.15) is 18.9 Å². The fourth-order valence-corrected chi connectivity index (χ4v) is 1.75. The Morgan fingerprint density at radius 3 is 3.06 bits per heavy atom. The molecule has 0 aliphatic carbocycles. The minimum absolute atomic E-state index is 0.305. The topological polar surface area (TPSA) is 60.3 Å². The molecule has 0 saturated carbocycles. The van der Waals surface area contributed by atoms with Gasteiger partial charge in [-0.3, -0.25) is 0 Å². The zero-order valence-corrected chi connectivity index (χ0v) is 10.4. The van der Waals surface area contributed by atoms with Gasteiger partial charge in [-0.2, -0.15) is 0 Å². The second-order valence-electron chi connectivity index (χ2n) is 3.89. The summed E-state index contributed by atoms with van der Waals surface area (Å²) in [5.74, 6) is 1.45. The van der Waals surface area contributed by atoms with E-state index in [0.717, 1.165) is 24.3 Å². The number of oxime groups is 1. The van der Waals surface area contributed by atoms with Crippen molar-refractivity contribution in [3.63, 3.8) is 0 Å². The molecule has 0 amide bonds. The summed E-state index contributed by atoms with van der Waals surface area (Å²) >= 11 is 0. The van der Waals surface area contributed by atoms with Crippen LogP contribution in [0.25, 0.3) is 0 Å². The van der Waals surface area contributed by atoms with Crippen LogP contribution in [0, 0.1) is 0 Å². The maximum Gasteiger partial charge on any atom is 0.134 e. The molecule has 0 bridgehead atoms. The van der Waals surface area contributed by atoms with E-state index in [1.807, 2.05) is 25.1 Å². The predicted octanol–water partition coefficient (Wildman–Crippen LogP) is 2.06. The highest BCUT2D eigenvalue weighted by molar-refractivity contribution is 6.05. The van der Waals surface area contributed by atoms with Gasteiger partial charge in [0.05, 0.1) is 6.61 Å². The van der Waals surface area contributed by atoms with Crippen molar-refractivity contribution in [2.45, 2.75) is 13.3 Å². The summed E-state index contributed by atoms with van der Waals surface area (Å²) in [7, 11) is 0. The van der Waals surface area contributed by atoms with Crippen molar-refractivity contribution in [2.24, 2.45) is 5.16 Å². The molecule has 0 aromatic heterocycles. The predicted molar refractivity (Wildman–Crippen MR) is 66.9 cm³/mol. The molecule has 1 aliphatic heterocycles. The van der Waals surface area contributed by atoms with Crippen LogP contribution in [0.15, 0.2) is 23.4 Å². The van der Waals surface area contributed by atoms with Gasteiger partial charge >= 0.3 is 0 Å². The van der Waals surface area contributed by atoms with Gasteiger partial charge in [0.15, 0.2) is 0 Å². The Bertz CT molecular complexity index is 431. The van der Waals surface area contributed by atoms with Crippen molar-refractivity contribution in [3.05, 3.63) is 23.8 Å². The molecule has 1 heterocycles. The Morgan fingerprint density at radius 1 is 1.39 bits per heavy atom. The Hall–Kier alpha value is -1.75. The monoisotopic (exact) mass is 251 g/mol. The summed E-state index contributed by atoms with van der Waals surface area (Å²) in [6.45, 7) is 4.33. The number of fused-ring (bicyclic) bond motifs is 1. The van der Waals surface area contributed by atoms with E-state index in [1.165, 1.54) is 0 Å². The second-order valence-corrected chi connectivity index (χ2v) is 3.89. The Balaban J connectivity index is 1.88. The summed E-state index contributed by atoms with van der Waals surface area (Å²) in [6, 6.07) is 5.50. The van der Waals surface area contributed by atoms with Gasteiger partial charge in [0, 0.05) is 31.3 Å². The second kappa shape index (κ2) is 6.26. The molecule has 1 N–H and O–H groups in total. The highest BCUT2D eigenvalue weighted by Gasteiger charge is 2.20. The number of rotatable bonds is 6. The third-order valence-corrected chi connectivity index (χ3v) is 2.65. The summed E-state index contributed by atoms with van der Waals surface area (Å²) in [6.07, 6.45) is 0.856. The molecular formula is C13H17NO4. The average molecular weight is 251 g/mol. The van der Waals surface area contributed by atoms with Crippen LogP contribution in [-0.4, -0.2) is 37.3 Å². The lowest BCUT2D eigenvalue weighted by atomic mass is 10.1. The summed E-state index contributed by atoms with van der Waals surface area (Å²) in [5, 5.41) is 12.0. The minimum Gasteiger partial charge on any atom is -0.493 e. The number of hydrogen-bond donors (Lipinski definition) is 1. The lowest BCUT2D eigenvalue weighted by Gasteiger charge is -2.07. The molecule has 0 atom stereocenters. The van der Waals surface area contributed by atoms with E-state index in [1.54, 1.807) is 0 Å². The Labute approximate surface area is 106 Å². The van der Waals surface area contributed by atoms with E-state index < -0.39 is 0 Å². The highest BCUT2D eigenvalue weighted by atomic mass is 16.5. The average Bonchev–Trinajstić information content (AvgIpc) is 2.80. The first-order valence-corrected chi connectivity index (χ1v) is 6.04. The molecular weight excluding hydrogens is 234 g/mol. The SMILES string of the molecule is CCOCCCOc1ccc2c(c1)OCC2=NO. The fourth-order valence-electron chi connectivity index (χ4n) is 1.75. The van der Waals surface area contributed by atoms with E-state index in [2.05, 4.69) is 5.16 Å². The van der Waals surface area contributed by atoms with Crippen LogP contribution in [-0.2, 0) is 4.74 Å². The van der Waals surface area contributed by atoms with E-state index in [0.29, 0.717) is 31.3 Å². The fraction of sp³-hybridized carbons (Fsp3) is 0.462. The molecule has 0 fully saturated rings. The van der Waals surface area contributed by atoms with Gasteiger partial charge in [0.25, 0.3) is 0 Å². The van der Waals surface area contributed by atoms with Crippen LogP contribution in [0.3, 0.4) is 0 Å². The number of hydrogen-bond acceptors (Lipinski definition) is 5. The van der Waals surface area contributed by atoms with Gasteiger partial charge in [-0.25, -0.2) is 0 Å². The molecule has 5 heteroatoms. The molecule has 1 aromatic carbocycles. The standard InChI is InChI=1S/C13H17NO4/c1-2-16-6-3-7-17-10-4-5-11-12(14-15)9-18-13(11)8-10/h4-5,8,15H,2-3,6-7,9H2,1H3. The van der Waals surface area contributed by atoms with Crippen molar-refractivity contribution in [2.75, 3.05) is 26.4 Å². The zero-order valence-electron chi connectivity index (χ0n) is 10.4. The zero-order chi connectivity index (χ0) is 12.8. The molecule has 2 rings (SSSR count). The minimum atomic E-state index is 0.305. The lowest BCUT2D eigenvalue weighted by molar-refractivity contribution is 0.131. The third-order valence-electron chi connectivity index (χ3n) is 2.65. The third kappa shape index (κ3) is 2.92. The number of ether oxygens (including phenoxy) is 3. The molecule has 0 saturated heterocycles. The summed E-state index contributed by atoms with van der Waals surface area (Å²) in [4.78, 5) is 0. The van der Waals surface area contributed by atoms with Crippen molar-refractivity contribution in [3.8, 4) is 11.5 Å². The first-order chi connectivity index (χ1) is 8.85. The number of nitrogens with zero attached hydrogens (tertiary/aromatic N) is 1. The van der Waals surface area contributed by atoms with Crippen LogP contribution in [0.4, 0.5) is 0 Å². The van der Waals surface area contributed by atoms with Gasteiger partial charge in [0.2, 0.25) is 0 Å². The summed E-state index contributed by atoms with van der Waals surface area (Å²) in [5.41, 5.74) is 1.37. The largest absolute Gasteiger partial charge is 0.493 e. The quantitative estimate of drug-likeness (QED) is 0.477. The molecule has 0 unspecified atom stereocenters. The first kappa shape index (κ1) is 12.7. The van der Waals surface area contributed by atoms with Crippen LogP contribution < -0.4 is 9.47 Å². The van der Waals surface area contributed by atoms with Crippen molar-refractivity contribution < 1.29 is 19.4 Å². The van der Waals surface area contributed by atoms with Crippen molar-refractivity contribution in [1.29, 1.82) is 0 Å². The van der Waals surface area contributed by atoms with E-state index in [9.17, 15) is 0 Å². The van der Waals surface area contributed by atoms with E-state index >= 15 is 0 Å². The molecule has 98 valence electrons. The molecule has 18 heavy (non-hydrogen) atoms. The van der Waals surface area contributed by atoms with Crippen LogP contribution in [0.2, 0.25) is 0 Å².